The second kappa shape index (κ2) is 6.52. The molecule has 0 saturated carbocycles. The Morgan fingerprint density at radius 3 is 2.75 bits per heavy atom. The summed E-state index contributed by atoms with van der Waals surface area (Å²) in [5.41, 5.74) is 7.61. The summed E-state index contributed by atoms with van der Waals surface area (Å²) in [4.78, 5) is 11.7. The predicted molar refractivity (Wildman–Crippen MR) is 78.5 cm³/mol. The molecule has 0 radical (unpaired) electrons. The molecule has 0 spiro atoms. The van der Waals surface area contributed by atoms with E-state index in [1.807, 2.05) is 0 Å². The average Bonchev–Trinajstić information content (AvgIpc) is 2.40. The number of esters is 1. The van der Waals surface area contributed by atoms with Gasteiger partial charge in [-0.1, -0.05) is 24.3 Å². The van der Waals surface area contributed by atoms with Gasteiger partial charge in [-0.25, -0.2) is 4.39 Å². The monoisotopic (exact) mass is 337 g/mol. The molecule has 2 aromatic carbocycles. The van der Waals surface area contributed by atoms with Crippen molar-refractivity contribution in [3.63, 3.8) is 0 Å². The lowest BCUT2D eigenvalue weighted by atomic mass is 10.1. The van der Waals surface area contributed by atoms with Gasteiger partial charge in [0.05, 0.1) is 10.9 Å². The fourth-order valence-electron chi connectivity index (χ4n) is 1.74. The zero-order valence-corrected chi connectivity index (χ0v) is 12.2. The minimum atomic E-state index is -0.383. The van der Waals surface area contributed by atoms with Gasteiger partial charge in [0.2, 0.25) is 0 Å². The standard InChI is InChI=1S/C15H13BrFNO2/c16-15-11(4-2-6-13(15)17)9-20-14(19)8-10-3-1-5-12(18)7-10/h1-7H,8-9,18H2. The minimum Gasteiger partial charge on any atom is -0.461 e. The van der Waals surface area contributed by atoms with Gasteiger partial charge >= 0.3 is 5.97 Å². The average molecular weight is 338 g/mol. The Labute approximate surface area is 124 Å². The fourth-order valence-corrected chi connectivity index (χ4v) is 2.12. The first-order chi connectivity index (χ1) is 9.56. The van der Waals surface area contributed by atoms with Gasteiger partial charge in [-0.3, -0.25) is 4.79 Å². The number of carbonyl (C=O) groups excluding carboxylic acids is 1. The Kier molecular flexibility index (Phi) is 4.74. The van der Waals surface area contributed by atoms with Crippen LogP contribution >= 0.6 is 15.9 Å². The number of rotatable bonds is 4. The highest BCUT2D eigenvalue weighted by Crippen LogP contribution is 2.21. The molecule has 0 bridgehead atoms. The van der Waals surface area contributed by atoms with Crippen LogP contribution in [0.3, 0.4) is 0 Å². The topological polar surface area (TPSA) is 52.3 Å². The summed E-state index contributed by atoms with van der Waals surface area (Å²) in [6, 6.07) is 11.7. The molecule has 0 aliphatic heterocycles. The molecule has 0 amide bonds. The van der Waals surface area contributed by atoms with Crippen LogP contribution in [-0.2, 0) is 22.6 Å². The van der Waals surface area contributed by atoms with E-state index in [2.05, 4.69) is 15.9 Å². The van der Waals surface area contributed by atoms with E-state index in [0.29, 0.717) is 15.7 Å². The van der Waals surface area contributed by atoms with Crippen LogP contribution in [-0.4, -0.2) is 5.97 Å². The molecule has 2 rings (SSSR count). The summed E-state index contributed by atoms with van der Waals surface area (Å²) in [5, 5.41) is 0. The van der Waals surface area contributed by atoms with Gasteiger partial charge in [0.1, 0.15) is 12.4 Å². The van der Waals surface area contributed by atoms with Crippen molar-refractivity contribution in [2.24, 2.45) is 0 Å². The number of carbonyl (C=O) groups is 1. The maximum absolute atomic E-state index is 13.3. The fraction of sp³-hybridized carbons (Fsp3) is 0.133. The molecule has 104 valence electrons. The van der Waals surface area contributed by atoms with E-state index in [1.54, 1.807) is 36.4 Å². The molecule has 0 fully saturated rings. The first-order valence-electron chi connectivity index (χ1n) is 5.99. The Hall–Kier alpha value is -1.88. The Bertz CT molecular complexity index is 631. The lowest BCUT2D eigenvalue weighted by molar-refractivity contribution is -0.144. The van der Waals surface area contributed by atoms with Gasteiger partial charge in [-0.2, -0.15) is 0 Å². The van der Waals surface area contributed by atoms with E-state index >= 15 is 0 Å². The van der Waals surface area contributed by atoms with Gasteiger partial charge in [-0.05, 0) is 39.7 Å². The second-order valence-electron chi connectivity index (χ2n) is 4.30. The second-order valence-corrected chi connectivity index (χ2v) is 5.09. The lowest BCUT2D eigenvalue weighted by Gasteiger charge is -2.07. The highest BCUT2D eigenvalue weighted by Gasteiger charge is 2.09. The summed E-state index contributed by atoms with van der Waals surface area (Å²) in [6.07, 6.45) is 0.137. The lowest BCUT2D eigenvalue weighted by Crippen LogP contribution is -2.08. The van der Waals surface area contributed by atoms with Gasteiger partial charge < -0.3 is 10.5 Å². The Morgan fingerprint density at radius 2 is 2.00 bits per heavy atom. The van der Waals surface area contributed by atoms with Crippen LogP contribution in [0.2, 0.25) is 0 Å². The summed E-state index contributed by atoms with van der Waals surface area (Å²) < 4.78 is 18.7. The third-order valence-corrected chi connectivity index (χ3v) is 3.61. The van der Waals surface area contributed by atoms with Crippen LogP contribution in [0.25, 0.3) is 0 Å². The summed E-state index contributed by atoms with van der Waals surface area (Å²) in [7, 11) is 0. The number of nitrogen functional groups attached to an aromatic ring is 1. The smallest absolute Gasteiger partial charge is 0.310 e. The molecule has 0 saturated heterocycles. The van der Waals surface area contributed by atoms with Gasteiger partial charge in [0.15, 0.2) is 0 Å². The summed E-state index contributed by atoms with van der Waals surface area (Å²) in [6.45, 7) is 0.0273. The van der Waals surface area contributed by atoms with Gasteiger partial charge in [0, 0.05) is 11.3 Å². The molecular formula is C15H13BrFNO2. The number of anilines is 1. The largest absolute Gasteiger partial charge is 0.461 e. The summed E-state index contributed by atoms with van der Waals surface area (Å²) >= 11 is 3.12. The zero-order chi connectivity index (χ0) is 14.5. The van der Waals surface area contributed by atoms with E-state index < -0.39 is 0 Å². The Morgan fingerprint density at radius 1 is 1.25 bits per heavy atom. The van der Waals surface area contributed by atoms with E-state index in [-0.39, 0.29) is 24.8 Å². The maximum atomic E-state index is 13.3. The van der Waals surface area contributed by atoms with E-state index in [1.165, 1.54) is 6.07 Å². The van der Waals surface area contributed by atoms with Crippen LogP contribution in [0.5, 0.6) is 0 Å². The number of hydrogen-bond acceptors (Lipinski definition) is 3. The number of hydrogen-bond donors (Lipinski definition) is 1. The zero-order valence-electron chi connectivity index (χ0n) is 10.6. The van der Waals surface area contributed by atoms with E-state index in [0.717, 1.165) is 5.56 Å². The molecule has 3 nitrogen and oxygen atoms in total. The van der Waals surface area contributed by atoms with Crippen molar-refractivity contribution >= 4 is 27.6 Å². The van der Waals surface area contributed by atoms with Gasteiger partial charge in [-0.15, -0.1) is 0 Å². The van der Waals surface area contributed by atoms with E-state index in [4.69, 9.17) is 10.5 Å². The van der Waals surface area contributed by atoms with Crippen molar-refractivity contribution in [2.75, 3.05) is 5.73 Å². The van der Waals surface area contributed by atoms with E-state index in [9.17, 15) is 9.18 Å². The van der Waals surface area contributed by atoms with Crippen LogP contribution < -0.4 is 5.73 Å². The first kappa shape index (κ1) is 14.5. The van der Waals surface area contributed by atoms with Crippen molar-refractivity contribution in [3.05, 3.63) is 63.9 Å². The molecule has 20 heavy (non-hydrogen) atoms. The molecule has 0 unspecified atom stereocenters. The minimum absolute atomic E-state index is 0.0273. The van der Waals surface area contributed by atoms with Crippen LogP contribution in [0.1, 0.15) is 11.1 Å². The highest BCUT2D eigenvalue weighted by atomic mass is 79.9. The molecule has 0 aliphatic carbocycles. The van der Waals surface area contributed by atoms with Crippen LogP contribution in [0, 0.1) is 5.82 Å². The summed E-state index contributed by atoms with van der Waals surface area (Å²) in [5.74, 6) is -0.763. The number of halogens is 2. The third kappa shape index (κ3) is 3.81. The highest BCUT2D eigenvalue weighted by molar-refractivity contribution is 9.10. The number of ether oxygens (including phenoxy) is 1. The van der Waals surface area contributed by atoms with Crippen LogP contribution in [0.4, 0.5) is 10.1 Å². The molecule has 2 N–H and O–H groups in total. The van der Waals surface area contributed by atoms with Crippen molar-refractivity contribution in [1.29, 1.82) is 0 Å². The molecule has 5 heteroatoms. The normalized spacial score (nSPS) is 10.3. The predicted octanol–water partition coefficient (Wildman–Crippen LogP) is 3.46. The van der Waals surface area contributed by atoms with Crippen molar-refractivity contribution < 1.29 is 13.9 Å². The number of benzene rings is 2. The molecule has 0 aliphatic rings. The molecule has 0 heterocycles. The van der Waals surface area contributed by atoms with Crippen molar-refractivity contribution in [2.45, 2.75) is 13.0 Å². The number of nitrogens with two attached hydrogens (primary N) is 1. The Balaban J connectivity index is 1.94. The quantitative estimate of drug-likeness (QED) is 0.686. The molecule has 0 aromatic heterocycles. The van der Waals surface area contributed by atoms with Crippen molar-refractivity contribution in [1.82, 2.24) is 0 Å². The first-order valence-corrected chi connectivity index (χ1v) is 6.78. The molecule has 2 aromatic rings. The maximum Gasteiger partial charge on any atom is 0.310 e. The molecular weight excluding hydrogens is 325 g/mol. The SMILES string of the molecule is Nc1cccc(CC(=O)OCc2cccc(F)c2Br)c1. The molecule has 0 atom stereocenters. The third-order valence-electron chi connectivity index (χ3n) is 2.72. The van der Waals surface area contributed by atoms with Crippen LogP contribution in [0.15, 0.2) is 46.9 Å². The van der Waals surface area contributed by atoms with Crippen molar-refractivity contribution in [3.8, 4) is 0 Å². The van der Waals surface area contributed by atoms with Gasteiger partial charge in [0.25, 0.3) is 0 Å².